The van der Waals surface area contributed by atoms with Gasteiger partial charge in [0.05, 0.1) is 11.4 Å². The highest BCUT2D eigenvalue weighted by atomic mass is 32.2. The quantitative estimate of drug-likeness (QED) is 0.175. The van der Waals surface area contributed by atoms with E-state index in [0.29, 0.717) is 11.8 Å². The predicted octanol–water partition coefficient (Wildman–Crippen LogP) is 15.7. The fraction of sp³-hybridized carbons (Fsp3) is 0.368. The van der Waals surface area contributed by atoms with Gasteiger partial charge in [0.15, 0.2) is 0 Å². The molecule has 4 fully saturated rings. The maximum absolute atomic E-state index is 2.75. The van der Waals surface area contributed by atoms with Crippen LogP contribution in [0.5, 0.6) is 0 Å². The monoisotopic (exact) mass is 787 g/mol. The van der Waals surface area contributed by atoms with Crippen molar-refractivity contribution < 1.29 is 0 Å². The summed E-state index contributed by atoms with van der Waals surface area (Å²) in [5, 5.41) is 0. The molecule has 59 heavy (non-hydrogen) atoms. The van der Waals surface area contributed by atoms with Gasteiger partial charge in [-0.2, -0.15) is 0 Å². The van der Waals surface area contributed by atoms with E-state index in [1.165, 1.54) is 116 Å². The van der Waals surface area contributed by atoms with Crippen molar-refractivity contribution in [1.82, 2.24) is 0 Å². The fourth-order valence-corrected chi connectivity index (χ4v) is 15.5. The second kappa shape index (κ2) is 12.5. The Morgan fingerprint density at radius 3 is 1.88 bits per heavy atom. The third-order valence-electron chi connectivity index (χ3n) is 16.7. The summed E-state index contributed by atoms with van der Waals surface area (Å²) < 4.78 is 0. The Balaban J connectivity index is 1.19. The molecule has 4 bridgehead atoms. The largest absolute Gasteiger partial charge is 0.309 e. The zero-order chi connectivity index (χ0) is 40.1. The van der Waals surface area contributed by atoms with E-state index in [-0.39, 0.29) is 21.7 Å². The molecule has 296 valence electrons. The first-order valence-electron chi connectivity index (χ1n) is 22.7. The van der Waals surface area contributed by atoms with E-state index in [4.69, 9.17) is 0 Å². The lowest BCUT2D eigenvalue weighted by Gasteiger charge is -2.63. The summed E-state index contributed by atoms with van der Waals surface area (Å²) in [6, 6.07) is 50.0. The van der Waals surface area contributed by atoms with Gasteiger partial charge < -0.3 is 4.90 Å². The third kappa shape index (κ3) is 4.99. The number of hydrogen-bond acceptors (Lipinski definition) is 2. The molecule has 0 amide bonds. The lowest BCUT2D eigenvalue weighted by molar-refractivity contribution is -0.0441. The highest BCUT2D eigenvalue weighted by molar-refractivity contribution is 7.99. The van der Waals surface area contributed by atoms with Gasteiger partial charge >= 0.3 is 0 Å². The molecule has 6 aromatic carbocycles. The second-order valence-corrected chi connectivity index (χ2v) is 22.2. The maximum atomic E-state index is 2.75. The van der Waals surface area contributed by atoms with Crippen LogP contribution in [0.3, 0.4) is 0 Å². The van der Waals surface area contributed by atoms with Crippen molar-refractivity contribution in [2.24, 2.45) is 23.7 Å². The smallest absolute Gasteiger partial charge is 0.0604 e. The van der Waals surface area contributed by atoms with E-state index in [9.17, 15) is 0 Å². The van der Waals surface area contributed by atoms with Crippen molar-refractivity contribution in [3.05, 3.63) is 161 Å². The Morgan fingerprint density at radius 1 is 0.492 bits per heavy atom. The maximum Gasteiger partial charge on any atom is 0.0604 e. The van der Waals surface area contributed by atoms with E-state index >= 15 is 0 Å². The summed E-state index contributed by atoms with van der Waals surface area (Å²) in [4.78, 5) is 5.70. The van der Waals surface area contributed by atoms with Crippen LogP contribution < -0.4 is 4.90 Å². The van der Waals surface area contributed by atoms with Gasteiger partial charge in [-0.15, -0.1) is 0 Å². The molecular formula is C57H57NS. The van der Waals surface area contributed by atoms with Crippen LogP contribution in [0.25, 0.3) is 22.3 Å². The molecule has 1 aliphatic heterocycles. The van der Waals surface area contributed by atoms with Crippen LogP contribution in [0.4, 0.5) is 17.1 Å². The molecule has 0 N–H and O–H groups in total. The minimum atomic E-state index is -0.0975. The minimum absolute atomic E-state index is 0.00357. The van der Waals surface area contributed by atoms with E-state index in [0.717, 1.165) is 11.8 Å². The zero-order valence-corrected chi connectivity index (χ0v) is 36.6. The number of nitrogens with zero attached hydrogens (tertiary/aromatic N) is 1. The summed E-state index contributed by atoms with van der Waals surface area (Å²) in [7, 11) is 0. The van der Waals surface area contributed by atoms with Crippen molar-refractivity contribution in [2.45, 2.75) is 118 Å². The van der Waals surface area contributed by atoms with E-state index in [2.05, 4.69) is 186 Å². The molecule has 0 atom stereocenters. The molecular weight excluding hydrogens is 731 g/mol. The number of anilines is 3. The highest BCUT2D eigenvalue weighted by Crippen LogP contribution is 2.71. The van der Waals surface area contributed by atoms with Crippen molar-refractivity contribution >= 4 is 28.8 Å². The van der Waals surface area contributed by atoms with Crippen molar-refractivity contribution in [3.8, 4) is 22.3 Å². The number of fused-ring (bicyclic) bond motifs is 6. The molecule has 1 nitrogen and oxygen atoms in total. The van der Waals surface area contributed by atoms with Crippen LogP contribution in [0.2, 0.25) is 0 Å². The van der Waals surface area contributed by atoms with Crippen molar-refractivity contribution in [1.29, 1.82) is 0 Å². The first-order valence-corrected chi connectivity index (χ1v) is 23.5. The molecule has 2 heteroatoms. The van der Waals surface area contributed by atoms with Gasteiger partial charge in [-0.05, 0) is 165 Å². The normalized spacial score (nSPS) is 26.7. The summed E-state index contributed by atoms with van der Waals surface area (Å²) in [6.07, 6.45) is 9.28. The van der Waals surface area contributed by atoms with Gasteiger partial charge in [0.1, 0.15) is 0 Å². The van der Waals surface area contributed by atoms with Crippen molar-refractivity contribution in [2.75, 3.05) is 4.90 Å². The average Bonchev–Trinajstić information content (AvgIpc) is 3.46. The minimum Gasteiger partial charge on any atom is -0.309 e. The van der Waals surface area contributed by atoms with Crippen LogP contribution in [-0.2, 0) is 21.7 Å². The lowest BCUT2D eigenvalue weighted by Crippen LogP contribution is -2.57. The Bertz CT molecular complexity index is 2670. The molecule has 13 rings (SSSR count). The number of hydrogen-bond donors (Lipinski definition) is 0. The highest BCUT2D eigenvalue weighted by Gasteiger charge is 2.61. The zero-order valence-electron chi connectivity index (χ0n) is 35.7. The molecule has 6 aromatic rings. The van der Waals surface area contributed by atoms with Crippen molar-refractivity contribution in [3.63, 3.8) is 0 Å². The van der Waals surface area contributed by atoms with E-state index < -0.39 is 0 Å². The molecule has 1 spiro atoms. The summed E-state index contributed by atoms with van der Waals surface area (Å²) in [5.41, 5.74) is 18.7. The standard InChI is InChI=1S/C57H57NS/c1-54(2)27-28-55(3,4)52-46(54)20-14-21-48(52)58(40-23-24-43-42-17-10-11-18-44(42)56(5,6)47(43)34-40)49-26-25-41(37-15-8-7-9-16-37)51-53(49)59-50-22-13-12-19-45(50)57(51)38-30-35-29-36(32-38)33-39(57)31-35/h7-26,34-36,38-39H,27-33H2,1-6H3. The Labute approximate surface area is 356 Å². The Kier molecular flexibility index (Phi) is 7.70. The summed E-state index contributed by atoms with van der Waals surface area (Å²) in [6.45, 7) is 14.8. The van der Waals surface area contributed by atoms with Gasteiger partial charge in [-0.3, -0.25) is 0 Å². The van der Waals surface area contributed by atoms with Crippen LogP contribution in [0.15, 0.2) is 137 Å². The predicted molar refractivity (Wildman–Crippen MR) is 248 cm³/mol. The van der Waals surface area contributed by atoms with E-state index in [1.807, 2.05) is 0 Å². The van der Waals surface area contributed by atoms with E-state index in [1.54, 1.807) is 11.1 Å². The van der Waals surface area contributed by atoms with Gasteiger partial charge in [-0.1, -0.05) is 150 Å². The van der Waals surface area contributed by atoms with Crippen LogP contribution >= 0.6 is 11.8 Å². The molecule has 7 aliphatic rings. The Morgan fingerprint density at radius 2 is 1.12 bits per heavy atom. The van der Waals surface area contributed by atoms with Crippen LogP contribution in [0.1, 0.15) is 120 Å². The fourth-order valence-electron chi connectivity index (χ4n) is 14.2. The molecule has 0 unspecified atom stereocenters. The second-order valence-electron chi connectivity index (χ2n) is 21.2. The summed E-state index contributed by atoms with van der Waals surface area (Å²) >= 11 is 2.06. The van der Waals surface area contributed by atoms with Crippen LogP contribution in [-0.4, -0.2) is 0 Å². The molecule has 0 radical (unpaired) electrons. The average molecular weight is 788 g/mol. The number of rotatable bonds is 4. The van der Waals surface area contributed by atoms with Crippen LogP contribution in [0, 0.1) is 23.7 Å². The van der Waals surface area contributed by atoms with Gasteiger partial charge in [-0.25, -0.2) is 0 Å². The van der Waals surface area contributed by atoms with Gasteiger partial charge in [0.2, 0.25) is 0 Å². The summed E-state index contributed by atoms with van der Waals surface area (Å²) in [5.74, 6) is 3.09. The molecule has 0 aromatic heterocycles. The molecule has 6 aliphatic carbocycles. The topological polar surface area (TPSA) is 3.24 Å². The first kappa shape index (κ1) is 36.3. The molecule has 1 heterocycles. The molecule has 4 saturated carbocycles. The lowest BCUT2D eigenvalue weighted by atomic mass is 9.41. The molecule has 0 saturated heterocycles. The SMILES string of the molecule is CC1(C)CCC(C)(C)c2c(N(c3ccc4c(c3)C(C)(C)c3ccccc3-4)c3ccc(-c4ccccc4)c4c3Sc3ccccc3C43C4CC5CC(C4)CC3C5)cccc21. The number of benzene rings is 6. The van der Waals surface area contributed by atoms with Gasteiger partial charge in [0, 0.05) is 26.3 Å². The third-order valence-corrected chi connectivity index (χ3v) is 17.9. The first-order chi connectivity index (χ1) is 28.5. The Hall–Kier alpha value is -4.53. The van der Waals surface area contributed by atoms with Gasteiger partial charge in [0.25, 0.3) is 0 Å².